The fourth-order valence-corrected chi connectivity index (χ4v) is 3.94. The fourth-order valence-electron chi connectivity index (χ4n) is 2.13. The van der Waals surface area contributed by atoms with Crippen molar-refractivity contribution < 1.29 is 14.7 Å². The zero-order valence-electron chi connectivity index (χ0n) is 12.0. The monoisotopic (exact) mass is 388 g/mol. The van der Waals surface area contributed by atoms with Crippen LogP contribution in [0.5, 0.6) is 0 Å². The normalized spacial score (nSPS) is 17.9. The number of thiocarbonyl (C=S) groups is 1. The van der Waals surface area contributed by atoms with Crippen molar-refractivity contribution in [1.29, 1.82) is 0 Å². The Morgan fingerprint density at radius 3 is 2.74 bits per heavy atom. The van der Waals surface area contributed by atoms with Gasteiger partial charge in [-0.05, 0) is 30.2 Å². The van der Waals surface area contributed by atoms with Gasteiger partial charge in [0, 0.05) is 10.0 Å². The number of benzene rings is 1. The number of amides is 1. The summed E-state index contributed by atoms with van der Waals surface area (Å²) >= 11 is 18.1. The third-order valence-electron chi connectivity index (χ3n) is 3.22. The molecule has 1 fully saturated rings. The van der Waals surface area contributed by atoms with Crippen molar-refractivity contribution in [2.45, 2.75) is 25.8 Å². The smallest absolute Gasteiger partial charge is 0.266 e. The molecule has 0 aromatic heterocycles. The molecular formula is C15H12Cl2NO3S2-. The number of thioether (sulfide) groups is 1. The lowest BCUT2D eigenvalue weighted by molar-refractivity contribution is -0.310. The van der Waals surface area contributed by atoms with Gasteiger partial charge in [-0.25, -0.2) is 0 Å². The second kappa shape index (κ2) is 7.66. The molecule has 1 amide bonds. The van der Waals surface area contributed by atoms with Crippen molar-refractivity contribution in [3.8, 4) is 0 Å². The highest BCUT2D eigenvalue weighted by Gasteiger charge is 2.37. The highest BCUT2D eigenvalue weighted by molar-refractivity contribution is 8.26. The average Bonchev–Trinajstić information content (AvgIpc) is 2.74. The Labute approximate surface area is 153 Å². The molecule has 1 aliphatic rings. The maximum Gasteiger partial charge on any atom is 0.266 e. The number of carboxylic acids is 1. The Hall–Kier alpha value is -1.08. The van der Waals surface area contributed by atoms with Crippen molar-refractivity contribution in [3.05, 3.63) is 38.7 Å². The Bertz CT molecular complexity index is 706. The molecule has 0 spiro atoms. The fraction of sp³-hybridized carbons (Fsp3) is 0.267. The number of carbonyl (C=O) groups is 2. The highest BCUT2D eigenvalue weighted by atomic mass is 35.5. The van der Waals surface area contributed by atoms with Crippen LogP contribution >= 0.6 is 47.2 Å². The van der Waals surface area contributed by atoms with E-state index in [1.807, 2.05) is 6.92 Å². The first kappa shape index (κ1) is 18.3. The van der Waals surface area contributed by atoms with Gasteiger partial charge in [0.15, 0.2) is 0 Å². The van der Waals surface area contributed by atoms with Crippen LogP contribution in [0.3, 0.4) is 0 Å². The van der Waals surface area contributed by atoms with E-state index < -0.39 is 17.9 Å². The van der Waals surface area contributed by atoms with Crippen LogP contribution in [0.4, 0.5) is 0 Å². The lowest BCUT2D eigenvalue weighted by Crippen LogP contribution is -2.49. The van der Waals surface area contributed by atoms with Crippen LogP contribution in [0.15, 0.2) is 23.1 Å². The first-order valence-corrected chi connectivity index (χ1v) is 8.76. The first-order chi connectivity index (χ1) is 10.8. The molecular weight excluding hydrogens is 377 g/mol. The highest BCUT2D eigenvalue weighted by Crippen LogP contribution is 2.36. The summed E-state index contributed by atoms with van der Waals surface area (Å²) in [7, 11) is 0. The molecule has 0 saturated carbocycles. The van der Waals surface area contributed by atoms with Crippen LogP contribution in [-0.4, -0.2) is 27.1 Å². The summed E-state index contributed by atoms with van der Waals surface area (Å²) in [6.45, 7) is 1.83. The molecule has 8 heteroatoms. The van der Waals surface area contributed by atoms with Gasteiger partial charge in [-0.2, -0.15) is 0 Å². The molecule has 4 nitrogen and oxygen atoms in total. The van der Waals surface area contributed by atoms with E-state index in [9.17, 15) is 14.7 Å². The van der Waals surface area contributed by atoms with E-state index in [1.54, 1.807) is 24.3 Å². The van der Waals surface area contributed by atoms with E-state index in [0.29, 0.717) is 26.9 Å². The lowest BCUT2D eigenvalue weighted by Gasteiger charge is -2.27. The first-order valence-electron chi connectivity index (χ1n) is 6.78. The third-order valence-corrected chi connectivity index (χ3v) is 5.11. The molecule has 1 aromatic rings. The number of carbonyl (C=O) groups excluding carboxylic acids is 2. The van der Waals surface area contributed by atoms with Crippen LogP contribution in [0.1, 0.15) is 25.3 Å². The topological polar surface area (TPSA) is 60.4 Å². The summed E-state index contributed by atoms with van der Waals surface area (Å²) in [5, 5.41) is 12.2. The largest absolute Gasteiger partial charge is 0.548 e. The van der Waals surface area contributed by atoms with Crippen molar-refractivity contribution in [2.75, 3.05) is 0 Å². The summed E-state index contributed by atoms with van der Waals surface area (Å²) in [5.41, 5.74) is 0.608. The number of hydrogen-bond acceptors (Lipinski definition) is 5. The summed E-state index contributed by atoms with van der Waals surface area (Å²) in [4.78, 5) is 25.2. The zero-order valence-corrected chi connectivity index (χ0v) is 15.2. The second-order valence-electron chi connectivity index (χ2n) is 4.84. The minimum atomic E-state index is -1.31. The molecule has 0 aliphatic carbocycles. The average molecular weight is 389 g/mol. The van der Waals surface area contributed by atoms with Gasteiger partial charge < -0.3 is 9.90 Å². The van der Waals surface area contributed by atoms with Crippen LogP contribution < -0.4 is 5.11 Å². The predicted octanol–water partition coefficient (Wildman–Crippen LogP) is 3.11. The van der Waals surface area contributed by atoms with Gasteiger partial charge in [-0.15, -0.1) is 0 Å². The molecule has 122 valence electrons. The Balaban J connectivity index is 2.33. The molecule has 0 radical (unpaired) electrons. The quantitative estimate of drug-likeness (QED) is 0.572. The number of aliphatic carboxylic acids is 1. The van der Waals surface area contributed by atoms with Gasteiger partial charge in [-0.1, -0.05) is 66.6 Å². The molecule has 1 heterocycles. The predicted molar refractivity (Wildman–Crippen MR) is 95.2 cm³/mol. The summed E-state index contributed by atoms with van der Waals surface area (Å²) < 4.78 is 0.203. The molecule has 2 rings (SSSR count). The zero-order chi connectivity index (χ0) is 17.1. The Morgan fingerprint density at radius 1 is 1.48 bits per heavy atom. The maximum atomic E-state index is 12.5. The molecule has 0 N–H and O–H groups in total. The van der Waals surface area contributed by atoms with E-state index in [2.05, 4.69) is 0 Å². The van der Waals surface area contributed by atoms with E-state index in [4.69, 9.17) is 35.4 Å². The molecule has 1 unspecified atom stereocenters. The SMILES string of the molecule is CCCC(C(=O)[O-])N1C(=O)C(=Cc2ccc(Cl)cc2Cl)SC1=S. The molecule has 23 heavy (non-hydrogen) atoms. The number of halogens is 2. The van der Waals surface area contributed by atoms with Crippen molar-refractivity contribution >= 4 is 69.5 Å². The van der Waals surface area contributed by atoms with Gasteiger partial charge in [0.05, 0.1) is 16.9 Å². The number of hydrogen-bond donors (Lipinski definition) is 0. The lowest BCUT2D eigenvalue weighted by atomic mass is 10.1. The van der Waals surface area contributed by atoms with Crippen molar-refractivity contribution in [3.63, 3.8) is 0 Å². The molecule has 0 bridgehead atoms. The van der Waals surface area contributed by atoms with Crippen LogP contribution in [0.2, 0.25) is 10.0 Å². The van der Waals surface area contributed by atoms with Crippen molar-refractivity contribution in [2.24, 2.45) is 0 Å². The number of carboxylic acid groups (broad SMARTS) is 1. The van der Waals surface area contributed by atoms with E-state index >= 15 is 0 Å². The van der Waals surface area contributed by atoms with E-state index in [1.165, 1.54) is 0 Å². The van der Waals surface area contributed by atoms with Gasteiger partial charge in [0.1, 0.15) is 4.32 Å². The van der Waals surface area contributed by atoms with Gasteiger partial charge >= 0.3 is 0 Å². The van der Waals surface area contributed by atoms with E-state index in [-0.39, 0.29) is 10.7 Å². The minimum absolute atomic E-state index is 0.203. The van der Waals surface area contributed by atoms with Crippen molar-refractivity contribution in [1.82, 2.24) is 4.90 Å². The van der Waals surface area contributed by atoms with Crippen LogP contribution in [-0.2, 0) is 9.59 Å². The Kier molecular flexibility index (Phi) is 6.08. The Morgan fingerprint density at radius 2 is 2.17 bits per heavy atom. The number of nitrogens with zero attached hydrogens (tertiary/aromatic N) is 1. The molecule has 1 atom stereocenters. The van der Waals surface area contributed by atoms with Crippen LogP contribution in [0, 0.1) is 0 Å². The third kappa shape index (κ3) is 4.07. The second-order valence-corrected chi connectivity index (χ2v) is 7.36. The summed E-state index contributed by atoms with van der Waals surface area (Å²) in [5.74, 6) is -1.76. The van der Waals surface area contributed by atoms with Gasteiger partial charge in [-0.3, -0.25) is 9.69 Å². The van der Waals surface area contributed by atoms with Gasteiger partial charge in [0.25, 0.3) is 5.91 Å². The standard InChI is InChI=1S/C15H13Cl2NO3S2/c1-2-3-11(14(20)21)18-13(19)12(23-15(18)22)6-8-4-5-9(16)7-10(8)17/h4-7,11H,2-3H2,1H3,(H,20,21)/p-1. The maximum absolute atomic E-state index is 12.5. The molecule has 1 saturated heterocycles. The summed E-state index contributed by atoms with van der Waals surface area (Å²) in [6.07, 6.45) is 2.46. The molecule has 1 aromatic carbocycles. The van der Waals surface area contributed by atoms with Gasteiger partial charge in [0.2, 0.25) is 0 Å². The summed E-state index contributed by atoms with van der Waals surface area (Å²) in [6, 6.07) is 3.84. The minimum Gasteiger partial charge on any atom is -0.548 e. The van der Waals surface area contributed by atoms with Crippen LogP contribution in [0.25, 0.3) is 6.08 Å². The molecule has 1 aliphatic heterocycles. The number of rotatable bonds is 5. The van der Waals surface area contributed by atoms with E-state index in [0.717, 1.165) is 16.7 Å².